The molecule has 0 amide bonds. The van der Waals surface area contributed by atoms with Crippen LogP contribution >= 0.6 is 0 Å². The van der Waals surface area contributed by atoms with Crippen molar-refractivity contribution in [1.82, 2.24) is 4.90 Å². The van der Waals surface area contributed by atoms with Gasteiger partial charge in [-0.2, -0.15) is 0 Å². The van der Waals surface area contributed by atoms with Gasteiger partial charge in [-0.1, -0.05) is 0 Å². The highest BCUT2D eigenvalue weighted by Crippen LogP contribution is 2.18. The summed E-state index contributed by atoms with van der Waals surface area (Å²) in [6.07, 6.45) is 2.34. The third kappa shape index (κ3) is 3.68. The van der Waals surface area contributed by atoms with Crippen LogP contribution in [0.4, 0.5) is 4.39 Å². The smallest absolute Gasteiger partial charge is 0.176 e. The molecule has 100 valence electrons. The highest BCUT2D eigenvalue weighted by molar-refractivity contribution is 5.22. The average Bonchev–Trinajstić information content (AvgIpc) is 2.90. The van der Waals surface area contributed by atoms with Crippen molar-refractivity contribution in [2.75, 3.05) is 26.3 Å². The molecule has 1 aromatic carbocycles. The topological polar surface area (TPSA) is 21.7 Å². The molecule has 1 atom stereocenters. The third-order valence-electron chi connectivity index (χ3n) is 3.10. The van der Waals surface area contributed by atoms with Gasteiger partial charge in [0.1, 0.15) is 11.6 Å². The van der Waals surface area contributed by atoms with Gasteiger partial charge in [-0.25, -0.2) is 4.39 Å². The maximum absolute atomic E-state index is 12.8. The van der Waals surface area contributed by atoms with E-state index in [1.807, 2.05) is 6.92 Å². The average molecular weight is 253 g/mol. The largest absolute Gasteiger partial charge is 0.473 e. The van der Waals surface area contributed by atoms with Gasteiger partial charge >= 0.3 is 0 Å². The Labute approximate surface area is 107 Å². The van der Waals surface area contributed by atoms with E-state index in [0.717, 1.165) is 13.1 Å². The van der Waals surface area contributed by atoms with Crippen molar-refractivity contribution in [2.24, 2.45) is 0 Å². The summed E-state index contributed by atoms with van der Waals surface area (Å²) in [6.45, 7) is 5.28. The second-order valence-corrected chi connectivity index (χ2v) is 4.43. The van der Waals surface area contributed by atoms with Crippen LogP contribution in [0.5, 0.6) is 5.75 Å². The van der Waals surface area contributed by atoms with Crippen molar-refractivity contribution in [3.63, 3.8) is 0 Å². The van der Waals surface area contributed by atoms with Gasteiger partial charge in [-0.15, -0.1) is 0 Å². The van der Waals surface area contributed by atoms with E-state index >= 15 is 0 Å². The van der Waals surface area contributed by atoms with E-state index in [2.05, 4.69) is 4.90 Å². The van der Waals surface area contributed by atoms with Gasteiger partial charge in [0.15, 0.2) is 6.23 Å². The molecule has 0 radical (unpaired) electrons. The molecule has 3 nitrogen and oxygen atoms in total. The number of halogens is 1. The predicted octanol–water partition coefficient (Wildman–Crippen LogP) is 2.66. The molecule has 2 rings (SSSR count). The van der Waals surface area contributed by atoms with Crippen molar-refractivity contribution in [3.05, 3.63) is 30.1 Å². The highest BCUT2D eigenvalue weighted by Gasteiger charge is 2.23. The number of nitrogens with zero attached hydrogens (tertiary/aromatic N) is 1. The Balaban J connectivity index is 1.97. The Morgan fingerprint density at radius 3 is 2.50 bits per heavy atom. The summed E-state index contributed by atoms with van der Waals surface area (Å²) in [5, 5.41) is 0. The molecule has 1 heterocycles. The van der Waals surface area contributed by atoms with Crippen LogP contribution in [0.3, 0.4) is 0 Å². The standard InChI is InChI=1S/C14H20FNO2/c1-2-17-11-14(16-9-3-4-10-16)18-13-7-5-12(15)6-8-13/h5-8,14H,2-4,9-11H2,1H3. The Morgan fingerprint density at radius 1 is 1.22 bits per heavy atom. The molecule has 4 heteroatoms. The van der Waals surface area contributed by atoms with Crippen molar-refractivity contribution in [1.29, 1.82) is 0 Å². The Bertz CT molecular complexity index is 349. The fourth-order valence-corrected chi connectivity index (χ4v) is 2.13. The Morgan fingerprint density at radius 2 is 1.89 bits per heavy atom. The lowest BCUT2D eigenvalue weighted by molar-refractivity contribution is -0.0291. The fraction of sp³-hybridized carbons (Fsp3) is 0.571. The van der Waals surface area contributed by atoms with E-state index in [1.165, 1.54) is 25.0 Å². The summed E-state index contributed by atoms with van der Waals surface area (Å²) < 4.78 is 24.2. The minimum absolute atomic E-state index is 0.0714. The van der Waals surface area contributed by atoms with Gasteiger partial charge in [0.05, 0.1) is 6.61 Å². The highest BCUT2D eigenvalue weighted by atomic mass is 19.1. The molecule has 1 aliphatic rings. The van der Waals surface area contributed by atoms with Crippen molar-refractivity contribution in [3.8, 4) is 5.75 Å². The quantitative estimate of drug-likeness (QED) is 0.778. The molecule has 0 aromatic heterocycles. The van der Waals surface area contributed by atoms with Gasteiger partial charge in [-0.05, 0) is 44.0 Å². The second-order valence-electron chi connectivity index (χ2n) is 4.43. The zero-order valence-electron chi connectivity index (χ0n) is 10.8. The fourth-order valence-electron chi connectivity index (χ4n) is 2.13. The molecule has 0 saturated carbocycles. The first-order chi connectivity index (χ1) is 8.79. The molecule has 1 unspecified atom stereocenters. The number of rotatable bonds is 6. The normalized spacial score (nSPS) is 17.9. The van der Waals surface area contributed by atoms with E-state index in [4.69, 9.17) is 9.47 Å². The van der Waals surface area contributed by atoms with Gasteiger partial charge in [0.25, 0.3) is 0 Å². The van der Waals surface area contributed by atoms with E-state index in [0.29, 0.717) is 19.0 Å². The molecule has 1 aromatic rings. The van der Waals surface area contributed by atoms with Crippen molar-refractivity contribution in [2.45, 2.75) is 26.0 Å². The van der Waals surface area contributed by atoms with Crippen LogP contribution in [0.1, 0.15) is 19.8 Å². The van der Waals surface area contributed by atoms with Crippen LogP contribution in [-0.4, -0.2) is 37.4 Å². The zero-order chi connectivity index (χ0) is 12.8. The van der Waals surface area contributed by atoms with Crippen LogP contribution in [0.15, 0.2) is 24.3 Å². The predicted molar refractivity (Wildman–Crippen MR) is 68.1 cm³/mol. The van der Waals surface area contributed by atoms with Gasteiger partial charge < -0.3 is 9.47 Å². The maximum atomic E-state index is 12.8. The third-order valence-corrected chi connectivity index (χ3v) is 3.10. The number of likely N-dealkylation sites (tertiary alicyclic amines) is 1. The van der Waals surface area contributed by atoms with E-state index in [-0.39, 0.29) is 12.0 Å². The summed E-state index contributed by atoms with van der Waals surface area (Å²) in [5.41, 5.74) is 0. The minimum Gasteiger partial charge on any atom is -0.473 e. The van der Waals surface area contributed by atoms with Crippen LogP contribution in [0.2, 0.25) is 0 Å². The molecule has 18 heavy (non-hydrogen) atoms. The van der Waals surface area contributed by atoms with Gasteiger partial charge in [0, 0.05) is 19.7 Å². The summed E-state index contributed by atoms with van der Waals surface area (Å²) in [6, 6.07) is 6.14. The zero-order valence-corrected chi connectivity index (χ0v) is 10.8. The molecule has 1 saturated heterocycles. The number of hydrogen-bond donors (Lipinski definition) is 0. The molecule has 0 N–H and O–H groups in total. The molecule has 0 bridgehead atoms. The van der Waals surface area contributed by atoms with Crippen molar-refractivity contribution < 1.29 is 13.9 Å². The van der Waals surface area contributed by atoms with Crippen LogP contribution in [0.25, 0.3) is 0 Å². The number of hydrogen-bond acceptors (Lipinski definition) is 3. The molecule has 1 aliphatic heterocycles. The minimum atomic E-state index is -0.245. The maximum Gasteiger partial charge on any atom is 0.176 e. The summed E-state index contributed by atoms with van der Waals surface area (Å²) in [5.74, 6) is 0.442. The molecule has 0 aliphatic carbocycles. The summed E-state index contributed by atoms with van der Waals surface area (Å²) in [4.78, 5) is 2.28. The SMILES string of the molecule is CCOCC(Oc1ccc(F)cc1)N1CCCC1. The molecular weight excluding hydrogens is 233 g/mol. The monoisotopic (exact) mass is 253 g/mol. The van der Waals surface area contributed by atoms with E-state index in [1.54, 1.807) is 12.1 Å². The molecule has 0 spiro atoms. The summed E-state index contributed by atoms with van der Waals surface area (Å²) in [7, 11) is 0. The number of benzene rings is 1. The lowest BCUT2D eigenvalue weighted by Gasteiger charge is -2.27. The Kier molecular flexibility index (Phi) is 4.96. The molecule has 1 fully saturated rings. The lowest BCUT2D eigenvalue weighted by atomic mass is 10.3. The van der Waals surface area contributed by atoms with Crippen molar-refractivity contribution >= 4 is 0 Å². The Hall–Kier alpha value is -1.13. The van der Waals surface area contributed by atoms with Crippen LogP contribution < -0.4 is 4.74 Å². The lowest BCUT2D eigenvalue weighted by Crippen LogP contribution is -2.41. The second kappa shape index (κ2) is 6.71. The summed E-state index contributed by atoms with van der Waals surface area (Å²) >= 11 is 0. The first-order valence-electron chi connectivity index (χ1n) is 6.53. The van der Waals surface area contributed by atoms with Gasteiger partial charge in [-0.3, -0.25) is 4.90 Å². The van der Waals surface area contributed by atoms with E-state index in [9.17, 15) is 4.39 Å². The first kappa shape index (κ1) is 13.3. The van der Waals surface area contributed by atoms with E-state index < -0.39 is 0 Å². The van der Waals surface area contributed by atoms with Crippen LogP contribution in [-0.2, 0) is 4.74 Å². The van der Waals surface area contributed by atoms with Crippen LogP contribution in [0, 0.1) is 5.82 Å². The van der Waals surface area contributed by atoms with Gasteiger partial charge in [0.2, 0.25) is 0 Å². The first-order valence-corrected chi connectivity index (χ1v) is 6.53. The number of ether oxygens (including phenoxy) is 2. The molecular formula is C14H20FNO2.